The van der Waals surface area contributed by atoms with Crippen LogP contribution >= 0.6 is 0 Å². The number of aryl methyl sites for hydroxylation is 1. The lowest BCUT2D eigenvalue weighted by atomic mass is 9.90. The average Bonchev–Trinajstić information content (AvgIpc) is 2.53. The molecular formula is C18H22F3NO. The van der Waals surface area contributed by atoms with Crippen LogP contribution in [0.15, 0.2) is 36.9 Å². The van der Waals surface area contributed by atoms with Gasteiger partial charge in [-0.05, 0) is 43.2 Å². The predicted octanol–water partition coefficient (Wildman–Crippen LogP) is 4.45. The number of likely N-dealkylation sites (tertiary alicyclic amines) is 1. The number of hydrogen-bond acceptors (Lipinski definition) is 1. The summed E-state index contributed by atoms with van der Waals surface area (Å²) < 4.78 is 39.0. The molecule has 1 fully saturated rings. The molecule has 0 bridgehead atoms. The molecule has 23 heavy (non-hydrogen) atoms. The highest BCUT2D eigenvalue weighted by molar-refractivity contribution is 5.77. The van der Waals surface area contributed by atoms with Crippen LogP contribution in [0.3, 0.4) is 0 Å². The lowest BCUT2D eigenvalue weighted by molar-refractivity contribution is -0.138. The summed E-state index contributed by atoms with van der Waals surface area (Å²) in [6, 6.07) is 5.75. The Labute approximate surface area is 135 Å². The van der Waals surface area contributed by atoms with Crippen molar-refractivity contribution < 1.29 is 18.0 Å². The van der Waals surface area contributed by atoms with Crippen LogP contribution in [-0.2, 0) is 17.4 Å². The van der Waals surface area contributed by atoms with Gasteiger partial charge in [-0.15, -0.1) is 6.58 Å². The van der Waals surface area contributed by atoms with Gasteiger partial charge >= 0.3 is 6.18 Å². The predicted molar refractivity (Wildman–Crippen MR) is 83.9 cm³/mol. The Hall–Kier alpha value is -1.78. The average molecular weight is 325 g/mol. The van der Waals surface area contributed by atoms with E-state index in [1.807, 2.05) is 4.90 Å². The van der Waals surface area contributed by atoms with Gasteiger partial charge in [0.15, 0.2) is 0 Å². The van der Waals surface area contributed by atoms with E-state index in [9.17, 15) is 18.0 Å². The quantitative estimate of drug-likeness (QED) is 0.732. The summed E-state index contributed by atoms with van der Waals surface area (Å²) in [7, 11) is 0. The molecule has 1 aromatic carbocycles. The first-order chi connectivity index (χ1) is 10.9. The molecule has 5 heteroatoms. The van der Waals surface area contributed by atoms with Gasteiger partial charge in [0.2, 0.25) is 5.91 Å². The topological polar surface area (TPSA) is 20.3 Å². The van der Waals surface area contributed by atoms with Crippen molar-refractivity contribution in [1.82, 2.24) is 4.90 Å². The smallest absolute Gasteiger partial charge is 0.342 e. The zero-order chi connectivity index (χ0) is 16.9. The molecule has 2 nitrogen and oxygen atoms in total. The first-order valence-electron chi connectivity index (χ1n) is 7.95. The highest BCUT2D eigenvalue weighted by Gasteiger charge is 2.33. The van der Waals surface area contributed by atoms with Gasteiger partial charge in [0.25, 0.3) is 0 Å². The molecule has 0 aromatic heterocycles. The van der Waals surface area contributed by atoms with Gasteiger partial charge in [-0.1, -0.05) is 24.3 Å². The monoisotopic (exact) mass is 325 g/mol. The zero-order valence-corrected chi connectivity index (χ0v) is 13.1. The van der Waals surface area contributed by atoms with Gasteiger partial charge in [-0.25, -0.2) is 0 Å². The number of nitrogens with zero attached hydrogens (tertiary/aromatic N) is 1. The summed E-state index contributed by atoms with van der Waals surface area (Å²) >= 11 is 0. The highest BCUT2D eigenvalue weighted by Crippen LogP contribution is 2.33. The number of piperidine rings is 1. The lowest BCUT2D eigenvalue weighted by Gasteiger charge is -2.33. The Kier molecular flexibility index (Phi) is 5.85. The van der Waals surface area contributed by atoms with E-state index in [-0.39, 0.29) is 11.8 Å². The second kappa shape index (κ2) is 7.66. The Morgan fingerprint density at radius 1 is 1.35 bits per heavy atom. The fourth-order valence-corrected chi connectivity index (χ4v) is 3.15. The third kappa shape index (κ3) is 4.85. The van der Waals surface area contributed by atoms with Gasteiger partial charge in [0.05, 0.1) is 5.56 Å². The van der Waals surface area contributed by atoms with Crippen LogP contribution in [0.4, 0.5) is 13.2 Å². The van der Waals surface area contributed by atoms with Crippen LogP contribution in [0.2, 0.25) is 0 Å². The first-order valence-corrected chi connectivity index (χ1v) is 7.95. The SMILES string of the molecule is C=CCC(=O)N1CCC[C@@H](CCc2ccccc2C(F)(F)F)C1. The molecule has 0 spiro atoms. The van der Waals surface area contributed by atoms with E-state index in [2.05, 4.69) is 6.58 Å². The number of benzene rings is 1. The molecule has 1 heterocycles. The third-order valence-corrected chi connectivity index (χ3v) is 4.34. The minimum Gasteiger partial charge on any atom is -0.342 e. The van der Waals surface area contributed by atoms with Crippen molar-refractivity contribution >= 4 is 5.91 Å². The highest BCUT2D eigenvalue weighted by atomic mass is 19.4. The van der Waals surface area contributed by atoms with Crippen molar-refractivity contribution in [3.63, 3.8) is 0 Å². The molecule has 1 atom stereocenters. The molecule has 1 amide bonds. The van der Waals surface area contributed by atoms with Crippen LogP contribution in [-0.4, -0.2) is 23.9 Å². The molecule has 1 aliphatic rings. The van der Waals surface area contributed by atoms with E-state index >= 15 is 0 Å². The molecular weight excluding hydrogens is 303 g/mol. The summed E-state index contributed by atoms with van der Waals surface area (Å²) in [5.74, 6) is 0.319. The molecule has 2 rings (SSSR count). The van der Waals surface area contributed by atoms with E-state index in [0.717, 1.165) is 25.5 Å². The van der Waals surface area contributed by atoms with Gasteiger partial charge < -0.3 is 4.90 Å². The zero-order valence-electron chi connectivity index (χ0n) is 13.1. The largest absolute Gasteiger partial charge is 0.416 e. The maximum atomic E-state index is 13.0. The number of alkyl halides is 3. The number of hydrogen-bond donors (Lipinski definition) is 0. The molecule has 1 aliphatic heterocycles. The van der Waals surface area contributed by atoms with E-state index in [1.54, 1.807) is 18.2 Å². The van der Waals surface area contributed by atoms with Crippen molar-refractivity contribution in [1.29, 1.82) is 0 Å². The van der Waals surface area contributed by atoms with Gasteiger partial charge in [-0.3, -0.25) is 4.79 Å². The minimum atomic E-state index is -4.31. The van der Waals surface area contributed by atoms with Crippen molar-refractivity contribution in [2.45, 2.75) is 38.3 Å². The summed E-state index contributed by atoms with van der Waals surface area (Å²) in [6.07, 6.45) is 0.541. The summed E-state index contributed by atoms with van der Waals surface area (Å²) in [5.41, 5.74) is -0.204. The van der Waals surface area contributed by atoms with Crippen LogP contribution in [0.5, 0.6) is 0 Å². The summed E-state index contributed by atoms with van der Waals surface area (Å²) in [6.45, 7) is 4.95. The van der Waals surface area contributed by atoms with Crippen LogP contribution in [0, 0.1) is 5.92 Å². The normalized spacial score (nSPS) is 18.7. The molecule has 1 aromatic rings. The maximum Gasteiger partial charge on any atom is 0.416 e. The fourth-order valence-electron chi connectivity index (χ4n) is 3.15. The second-order valence-electron chi connectivity index (χ2n) is 6.03. The summed E-state index contributed by atoms with van der Waals surface area (Å²) in [5, 5.41) is 0. The van der Waals surface area contributed by atoms with E-state index in [4.69, 9.17) is 0 Å². The molecule has 0 saturated carbocycles. The Bertz CT molecular complexity index is 553. The first kappa shape index (κ1) is 17.6. The molecule has 126 valence electrons. The Morgan fingerprint density at radius 2 is 2.09 bits per heavy atom. The minimum absolute atomic E-state index is 0.0559. The van der Waals surface area contributed by atoms with Crippen molar-refractivity contribution in [3.05, 3.63) is 48.0 Å². The standard InChI is InChI=1S/C18H22F3NO/c1-2-6-17(23)22-12-5-7-14(13-22)10-11-15-8-3-4-9-16(15)18(19,20)21/h2-4,8-9,14H,1,5-7,10-13H2/t14-/m0/s1. The van der Waals surface area contributed by atoms with Gasteiger partial charge in [0, 0.05) is 19.5 Å². The Morgan fingerprint density at radius 3 is 2.78 bits per heavy atom. The van der Waals surface area contributed by atoms with E-state index < -0.39 is 11.7 Å². The summed E-state index contributed by atoms with van der Waals surface area (Å²) in [4.78, 5) is 13.7. The molecule has 0 radical (unpaired) electrons. The van der Waals surface area contributed by atoms with Gasteiger partial charge in [-0.2, -0.15) is 13.2 Å². The number of carbonyl (C=O) groups excluding carboxylic acids is 1. The van der Waals surface area contributed by atoms with Crippen LogP contribution in [0.25, 0.3) is 0 Å². The Balaban J connectivity index is 1.96. The maximum absolute atomic E-state index is 13.0. The lowest BCUT2D eigenvalue weighted by Crippen LogP contribution is -2.39. The number of rotatable bonds is 5. The number of amides is 1. The third-order valence-electron chi connectivity index (χ3n) is 4.34. The van der Waals surface area contributed by atoms with Crippen molar-refractivity contribution in [3.8, 4) is 0 Å². The van der Waals surface area contributed by atoms with Crippen LogP contribution < -0.4 is 0 Å². The molecule has 1 saturated heterocycles. The van der Waals surface area contributed by atoms with Crippen LogP contribution in [0.1, 0.15) is 36.8 Å². The van der Waals surface area contributed by atoms with E-state index in [1.165, 1.54) is 6.07 Å². The van der Waals surface area contributed by atoms with E-state index in [0.29, 0.717) is 31.4 Å². The number of carbonyl (C=O) groups is 1. The van der Waals surface area contributed by atoms with Gasteiger partial charge in [0.1, 0.15) is 0 Å². The van der Waals surface area contributed by atoms with Crippen molar-refractivity contribution in [2.24, 2.45) is 5.92 Å². The molecule has 0 N–H and O–H groups in total. The number of halogens is 3. The second-order valence-corrected chi connectivity index (χ2v) is 6.03. The molecule has 0 unspecified atom stereocenters. The fraction of sp³-hybridized carbons (Fsp3) is 0.500. The molecule has 0 aliphatic carbocycles. The van der Waals surface area contributed by atoms with Crippen molar-refractivity contribution in [2.75, 3.05) is 13.1 Å².